The first kappa shape index (κ1) is 17.4. The van der Waals surface area contributed by atoms with Crippen LogP contribution in [0.3, 0.4) is 0 Å². The van der Waals surface area contributed by atoms with Crippen LogP contribution in [0.1, 0.15) is 32.2 Å². The van der Waals surface area contributed by atoms with Crippen molar-refractivity contribution >= 4 is 11.8 Å². The summed E-state index contributed by atoms with van der Waals surface area (Å²) in [6, 6.07) is 10.2. The van der Waals surface area contributed by atoms with Crippen LogP contribution in [0, 0.1) is 17.2 Å². The summed E-state index contributed by atoms with van der Waals surface area (Å²) in [7, 11) is 0. The van der Waals surface area contributed by atoms with Gasteiger partial charge in [-0.3, -0.25) is 0 Å². The normalized spacial score (nSPS) is 10.7. The summed E-state index contributed by atoms with van der Waals surface area (Å²) in [5.74, 6) is 2.46. The first-order valence-corrected chi connectivity index (χ1v) is 8.76. The highest BCUT2D eigenvalue weighted by molar-refractivity contribution is 7.99. The zero-order chi connectivity index (χ0) is 16.7. The Morgan fingerprint density at radius 2 is 2.00 bits per heavy atom. The summed E-state index contributed by atoms with van der Waals surface area (Å²) >= 11 is 1.41. The number of ether oxygens (including phenoxy) is 1. The maximum atomic E-state index is 8.75. The highest BCUT2D eigenvalue weighted by atomic mass is 32.2. The Hall–Kier alpha value is -2.00. The predicted molar refractivity (Wildman–Crippen MR) is 91.3 cm³/mol. The van der Waals surface area contributed by atoms with E-state index in [9.17, 15) is 0 Å². The maximum absolute atomic E-state index is 8.75. The van der Waals surface area contributed by atoms with Gasteiger partial charge in [0.15, 0.2) is 11.0 Å². The van der Waals surface area contributed by atoms with Crippen molar-refractivity contribution in [2.24, 2.45) is 5.92 Å². The number of rotatable bonds is 8. The van der Waals surface area contributed by atoms with Crippen molar-refractivity contribution in [1.29, 1.82) is 5.26 Å². The quantitative estimate of drug-likeness (QED) is 0.691. The summed E-state index contributed by atoms with van der Waals surface area (Å²) in [5.41, 5.74) is 1.29. The molecule has 5 nitrogen and oxygen atoms in total. The Bertz CT molecular complexity index is 658. The number of hydrogen-bond acceptors (Lipinski definition) is 5. The van der Waals surface area contributed by atoms with Gasteiger partial charge >= 0.3 is 0 Å². The second-order valence-corrected chi connectivity index (χ2v) is 6.58. The van der Waals surface area contributed by atoms with E-state index in [2.05, 4.69) is 49.2 Å². The zero-order valence-corrected chi connectivity index (χ0v) is 14.6. The molecule has 0 spiro atoms. The van der Waals surface area contributed by atoms with Crippen molar-refractivity contribution in [3.05, 3.63) is 35.7 Å². The zero-order valence-electron chi connectivity index (χ0n) is 13.8. The van der Waals surface area contributed by atoms with Gasteiger partial charge in [-0.05, 0) is 30.0 Å². The van der Waals surface area contributed by atoms with Crippen molar-refractivity contribution in [3.8, 4) is 11.8 Å². The standard InChI is InChI=1S/C17H22N4OS/c1-4-14-5-7-15(8-6-14)22-12-16-19-20-17(23-10-9-18)21(16)11-13(2)3/h5-8,13H,4,10-12H2,1-3H3. The van der Waals surface area contributed by atoms with Gasteiger partial charge in [0.1, 0.15) is 12.4 Å². The van der Waals surface area contributed by atoms with E-state index in [0.717, 1.165) is 29.7 Å². The molecule has 2 aromatic rings. The first-order valence-electron chi connectivity index (χ1n) is 7.77. The fraction of sp³-hybridized carbons (Fsp3) is 0.471. The molecule has 122 valence electrons. The number of thioether (sulfide) groups is 1. The highest BCUT2D eigenvalue weighted by Crippen LogP contribution is 2.20. The molecule has 0 bridgehead atoms. The lowest BCUT2D eigenvalue weighted by molar-refractivity contribution is 0.284. The summed E-state index contributed by atoms with van der Waals surface area (Å²) in [6.07, 6.45) is 1.02. The third-order valence-corrected chi connectivity index (χ3v) is 4.14. The third kappa shape index (κ3) is 5.00. The predicted octanol–water partition coefficient (Wildman–Crippen LogP) is 3.69. The molecule has 0 saturated heterocycles. The molecule has 0 saturated carbocycles. The Morgan fingerprint density at radius 1 is 1.26 bits per heavy atom. The fourth-order valence-electron chi connectivity index (χ4n) is 2.15. The van der Waals surface area contributed by atoms with Crippen LogP contribution in [0.4, 0.5) is 0 Å². The molecule has 0 radical (unpaired) electrons. The van der Waals surface area contributed by atoms with E-state index >= 15 is 0 Å². The third-order valence-electron chi connectivity index (χ3n) is 3.31. The number of nitriles is 1. The van der Waals surface area contributed by atoms with Gasteiger partial charge in [-0.15, -0.1) is 10.2 Å². The van der Waals surface area contributed by atoms with Crippen LogP contribution in [-0.4, -0.2) is 20.5 Å². The lowest BCUT2D eigenvalue weighted by Crippen LogP contribution is -2.12. The van der Waals surface area contributed by atoms with Gasteiger partial charge in [0.25, 0.3) is 0 Å². The second-order valence-electron chi connectivity index (χ2n) is 5.64. The minimum absolute atomic E-state index is 0.371. The molecule has 6 heteroatoms. The van der Waals surface area contributed by atoms with E-state index in [1.165, 1.54) is 17.3 Å². The second kappa shape index (κ2) is 8.59. The van der Waals surface area contributed by atoms with Crippen LogP contribution in [0.25, 0.3) is 0 Å². The molecule has 1 aromatic carbocycles. The molecule has 2 rings (SSSR count). The molecule has 23 heavy (non-hydrogen) atoms. The number of hydrogen-bond donors (Lipinski definition) is 0. The van der Waals surface area contributed by atoms with E-state index in [-0.39, 0.29) is 0 Å². The smallest absolute Gasteiger partial charge is 0.192 e. The van der Waals surface area contributed by atoms with Crippen molar-refractivity contribution < 1.29 is 4.74 Å². The molecule has 1 heterocycles. The lowest BCUT2D eigenvalue weighted by Gasteiger charge is -2.12. The molecule has 0 aliphatic rings. The van der Waals surface area contributed by atoms with Crippen LogP contribution in [0.2, 0.25) is 0 Å². The van der Waals surface area contributed by atoms with Gasteiger partial charge in [0.2, 0.25) is 0 Å². The maximum Gasteiger partial charge on any atom is 0.192 e. The van der Waals surface area contributed by atoms with Crippen molar-refractivity contribution in [2.45, 2.75) is 45.5 Å². The highest BCUT2D eigenvalue weighted by Gasteiger charge is 2.14. The van der Waals surface area contributed by atoms with E-state index in [1.807, 2.05) is 16.7 Å². The van der Waals surface area contributed by atoms with Gasteiger partial charge in [-0.25, -0.2) is 0 Å². The SMILES string of the molecule is CCc1ccc(OCc2nnc(SCC#N)n2CC(C)C)cc1. The van der Waals surface area contributed by atoms with E-state index in [4.69, 9.17) is 10.00 Å². The topological polar surface area (TPSA) is 63.7 Å². The Labute approximate surface area is 141 Å². The van der Waals surface area contributed by atoms with Crippen molar-refractivity contribution in [1.82, 2.24) is 14.8 Å². The average molecular weight is 330 g/mol. The minimum Gasteiger partial charge on any atom is -0.486 e. The molecule has 0 aliphatic carbocycles. The monoisotopic (exact) mass is 330 g/mol. The minimum atomic E-state index is 0.371. The Balaban J connectivity index is 2.08. The first-order chi connectivity index (χ1) is 11.1. The average Bonchev–Trinajstić information content (AvgIpc) is 2.92. The fourth-order valence-corrected chi connectivity index (χ4v) is 2.78. The van der Waals surface area contributed by atoms with Gasteiger partial charge in [0.05, 0.1) is 11.8 Å². The van der Waals surface area contributed by atoms with Crippen LogP contribution < -0.4 is 4.74 Å². The largest absolute Gasteiger partial charge is 0.486 e. The van der Waals surface area contributed by atoms with E-state index in [1.54, 1.807) is 0 Å². The molecular weight excluding hydrogens is 308 g/mol. The van der Waals surface area contributed by atoms with Crippen LogP contribution in [0.15, 0.2) is 29.4 Å². The summed E-state index contributed by atoms with van der Waals surface area (Å²) in [6.45, 7) is 7.61. The van der Waals surface area contributed by atoms with Crippen LogP contribution in [0.5, 0.6) is 5.75 Å². The Morgan fingerprint density at radius 3 is 2.61 bits per heavy atom. The lowest BCUT2D eigenvalue weighted by atomic mass is 10.2. The molecule has 0 unspecified atom stereocenters. The molecule has 0 aliphatic heterocycles. The summed E-state index contributed by atoms with van der Waals surface area (Å²) < 4.78 is 7.88. The van der Waals surface area contributed by atoms with Crippen LogP contribution >= 0.6 is 11.8 Å². The molecular formula is C17H22N4OS. The van der Waals surface area contributed by atoms with Gasteiger partial charge < -0.3 is 9.30 Å². The van der Waals surface area contributed by atoms with Gasteiger partial charge in [-0.2, -0.15) is 5.26 Å². The van der Waals surface area contributed by atoms with E-state index in [0.29, 0.717) is 18.3 Å². The van der Waals surface area contributed by atoms with Gasteiger partial charge in [-0.1, -0.05) is 44.7 Å². The summed E-state index contributed by atoms with van der Waals surface area (Å²) in [4.78, 5) is 0. The van der Waals surface area contributed by atoms with Gasteiger partial charge in [0, 0.05) is 6.54 Å². The number of benzene rings is 1. The number of nitrogens with zero attached hydrogens (tertiary/aromatic N) is 4. The van der Waals surface area contributed by atoms with E-state index < -0.39 is 0 Å². The number of aromatic nitrogens is 3. The van der Waals surface area contributed by atoms with Crippen molar-refractivity contribution in [3.63, 3.8) is 0 Å². The molecule has 0 amide bonds. The molecule has 1 aromatic heterocycles. The molecule has 0 atom stereocenters. The molecule has 0 N–H and O–H groups in total. The Kier molecular flexibility index (Phi) is 6.48. The molecule has 0 fully saturated rings. The number of aryl methyl sites for hydroxylation is 1. The van der Waals surface area contributed by atoms with Crippen LogP contribution in [-0.2, 0) is 19.6 Å². The van der Waals surface area contributed by atoms with Crippen molar-refractivity contribution in [2.75, 3.05) is 5.75 Å². The summed E-state index contributed by atoms with van der Waals surface area (Å²) in [5, 5.41) is 17.9.